The highest BCUT2D eigenvalue weighted by atomic mass is 79.9. The highest BCUT2D eigenvalue weighted by Crippen LogP contribution is 2.24. The summed E-state index contributed by atoms with van der Waals surface area (Å²) in [4.78, 5) is 11.8. The van der Waals surface area contributed by atoms with Crippen molar-refractivity contribution >= 4 is 32.6 Å². The molecule has 1 saturated heterocycles. The molecule has 1 aliphatic rings. The van der Waals surface area contributed by atoms with Crippen molar-refractivity contribution in [1.29, 1.82) is 0 Å². The van der Waals surface area contributed by atoms with Gasteiger partial charge in [0.1, 0.15) is 5.75 Å². The average Bonchev–Trinajstić information content (AvgIpc) is 3.04. The van der Waals surface area contributed by atoms with Crippen molar-refractivity contribution in [2.24, 2.45) is 0 Å². The first-order valence-electron chi connectivity index (χ1n) is 7.41. The lowest BCUT2D eigenvalue weighted by atomic mass is 10.1. The normalized spacial score (nSPS) is 17.6. The maximum Gasteiger partial charge on any atom is 0.258 e. The molecule has 116 valence electrons. The molecule has 22 heavy (non-hydrogen) atoms. The van der Waals surface area contributed by atoms with Crippen LogP contribution in [0.25, 0.3) is 10.8 Å². The van der Waals surface area contributed by atoms with Crippen LogP contribution in [0.15, 0.2) is 40.9 Å². The van der Waals surface area contributed by atoms with E-state index in [1.54, 1.807) is 0 Å². The summed E-state index contributed by atoms with van der Waals surface area (Å²) >= 11 is 3.45. The lowest BCUT2D eigenvalue weighted by Crippen LogP contribution is -2.35. The monoisotopic (exact) mass is 363 g/mol. The van der Waals surface area contributed by atoms with Gasteiger partial charge in [0.25, 0.3) is 5.91 Å². The minimum absolute atomic E-state index is 0.0226. The van der Waals surface area contributed by atoms with Crippen molar-refractivity contribution in [2.45, 2.75) is 18.9 Å². The van der Waals surface area contributed by atoms with Gasteiger partial charge in [-0.25, -0.2) is 0 Å². The second kappa shape index (κ2) is 7.11. The van der Waals surface area contributed by atoms with Crippen LogP contribution in [-0.4, -0.2) is 31.8 Å². The summed E-state index contributed by atoms with van der Waals surface area (Å²) in [6, 6.07) is 11.9. The molecule has 0 aromatic heterocycles. The molecule has 5 heteroatoms. The van der Waals surface area contributed by atoms with Crippen LogP contribution in [-0.2, 0) is 9.53 Å². The summed E-state index contributed by atoms with van der Waals surface area (Å²) in [7, 11) is 0. The summed E-state index contributed by atoms with van der Waals surface area (Å²) in [6.07, 6.45) is 2.24. The topological polar surface area (TPSA) is 47.6 Å². The van der Waals surface area contributed by atoms with Crippen LogP contribution in [0.5, 0.6) is 5.75 Å². The van der Waals surface area contributed by atoms with Gasteiger partial charge in [0.05, 0.1) is 6.10 Å². The molecule has 1 fully saturated rings. The lowest BCUT2D eigenvalue weighted by Gasteiger charge is -2.11. The third-order valence-electron chi connectivity index (χ3n) is 3.69. The molecule has 1 unspecified atom stereocenters. The number of rotatable bonds is 5. The van der Waals surface area contributed by atoms with E-state index in [4.69, 9.17) is 9.47 Å². The van der Waals surface area contributed by atoms with Crippen LogP contribution in [0.1, 0.15) is 12.8 Å². The summed E-state index contributed by atoms with van der Waals surface area (Å²) in [6.45, 7) is 1.38. The van der Waals surface area contributed by atoms with Gasteiger partial charge in [0.15, 0.2) is 6.61 Å². The average molecular weight is 364 g/mol. The van der Waals surface area contributed by atoms with Crippen molar-refractivity contribution in [3.8, 4) is 5.75 Å². The number of amides is 1. The molecule has 1 amide bonds. The molecular weight excluding hydrogens is 346 g/mol. The molecule has 1 heterocycles. The highest BCUT2D eigenvalue weighted by molar-refractivity contribution is 9.10. The molecule has 1 aliphatic heterocycles. The molecule has 0 saturated carbocycles. The fourth-order valence-corrected chi connectivity index (χ4v) is 2.90. The van der Waals surface area contributed by atoms with Crippen molar-refractivity contribution in [3.05, 3.63) is 40.9 Å². The number of carbonyl (C=O) groups is 1. The van der Waals surface area contributed by atoms with E-state index >= 15 is 0 Å². The zero-order chi connectivity index (χ0) is 15.4. The van der Waals surface area contributed by atoms with Gasteiger partial charge in [-0.15, -0.1) is 0 Å². The second-order valence-electron chi connectivity index (χ2n) is 5.38. The molecule has 1 N–H and O–H groups in total. The molecule has 4 nitrogen and oxygen atoms in total. The van der Waals surface area contributed by atoms with Crippen LogP contribution < -0.4 is 10.1 Å². The quantitative estimate of drug-likeness (QED) is 0.886. The van der Waals surface area contributed by atoms with E-state index in [0.717, 1.165) is 34.7 Å². The molecular formula is C17H18BrNO3. The summed E-state index contributed by atoms with van der Waals surface area (Å²) in [5, 5.41) is 5.06. The van der Waals surface area contributed by atoms with E-state index in [0.29, 0.717) is 12.3 Å². The van der Waals surface area contributed by atoms with E-state index in [9.17, 15) is 4.79 Å². The Morgan fingerprint density at radius 2 is 2.09 bits per heavy atom. The minimum Gasteiger partial charge on any atom is -0.484 e. The van der Waals surface area contributed by atoms with Gasteiger partial charge in [-0.2, -0.15) is 0 Å². The maximum atomic E-state index is 11.8. The molecule has 0 aliphatic carbocycles. The van der Waals surface area contributed by atoms with Crippen LogP contribution >= 0.6 is 15.9 Å². The highest BCUT2D eigenvalue weighted by Gasteiger charge is 2.16. The predicted octanol–water partition coefficient (Wildman–Crippen LogP) is 3.28. The van der Waals surface area contributed by atoms with Gasteiger partial charge in [0.2, 0.25) is 0 Å². The molecule has 1 atom stereocenters. The predicted molar refractivity (Wildman–Crippen MR) is 89.1 cm³/mol. The Labute approximate surface area is 137 Å². The van der Waals surface area contributed by atoms with Gasteiger partial charge >= 0.3 is 0 Å². The number of hydrogen-bond donors (Lipinski definition) is 1. The van der Waals surface area contributed by atoms with E-state index in [1.807, 2.05) is 36.4 Å². The van der Waals surface area contributed by atoms with Crippen LogP contribution in [0.4, 0.5) is 0 Å². The number of halogens is 1. The fourth-order valence-electron chi connectivity index (χ4n) is 2.52. The SMILES string of the molecule is O=C(COc1ccc2cc(Br)ccc2c1)NCC1CCCO1. The van der Waals surface area contributed by atoms with Gasteiger partial charge in [-0.3, -0.25) is 4.79 Å². The Balaban J connectivity index is 1.52. The van der Waals surface area contributed by atoms with Gasteiger partial charge in [0, 0.05) is 17.6 Å². The van der Waals surface area contributed by atoms with E-state index < -0.39 is 0 Å². The zero-order valence-corrected chi connectivity index (χ0v) is 13.8. The Morgan fingerprint density at radius 1 is 1.27 bits per heavy atom. The molecule has 0 spiro atoms. The van der Waals surface area contributed by atoms with Crippen molar-refractivity contribution in [3.63, 3.8) is 0 Å². The van der Waals surface area contributed by atoms with E-state index in [1.165, 1.54) is 0 Å². The number of fused-ring (bicyclic) bond motifs is 1. The third kappa shape index (κ3) is 3.99. The van der Waals surface area contributed by atoms with Crippen LogP contribution in [0, 0.1) is 0 Å². The standard InChI is InChI=1S/C17H18BrNO3/c18-14-5-3-13-9-15(6-4-12(13)8-14)22-11-17(20)19-10-16-2-1-7-21-16/h3-6,8-9,16H,1-2,7,10-11H2,(H,19,20). The van der Waals surface area contributed by atoms with Gasteiger partial charge in [-0.05, 0) is 47.9 Å². The Kier molecular flexibility index (Phi) is 4.95. The summed E-state index contributed by atoms with van der Waals surface area (Å²) < 4.78 is 12.1. The fraction of sp³-hybridized carbons (Fsp3) is 0.353. The number of carbonyl (C=O) groups excluding carboxylic acids is 1. The van der Waals surface area contributed by atoms with E-state index in [-0.39, 0.29) is 18.6 Å². The first-order chi connectivity index (χ1) is 10.7. The minimum atomic E-state index is -0.119. The smallest absolute Gasteiger partial charge is 0.258 e. The first-order valence-corrected chi connectivity index (χ1v) is 8.20. The van der Waals surface area contributed by atoms with Crippen LogP contribution in [0.2, 0.25) is 0 Å². The molecule has 2 aromatic carbocycles. The van der Waals surface area contributed by atoms with Gasteiger partial charge < -0.3 is 14.8 Å². The molecule has 3 rings (SSSR count). The van der Waals surface area contributed by atoms with Gasteiger partial charge in [-0.1, -0.05) is 28.1 Å². The Bertz CT molecular complexity index is 668. The molecule has 0 radical (unpaired) electrons. The zero-order valence-electron chi connectivity index (χ0n) is 12.2. The van der Waals surface area contributed by atoms with Crippen molar-refractivity contribution in [1.82, 2.24) is 5.32 Å². The summed E-state index contributed by atoms with van der Waals surface area (Å²) in [5.41, 5.74) is 0. The third-order valence-corrected chi connectivity index (χ3v) is 4.19. The van der Waals surface area contributed by atoms with E-state index in [2.05, 4.69) is 21.2 Å². The summed E-state index contributed by atoms with van der Waals surface area (Å²) in [5.74, 6) is 0.577. The Morgan fingerprint density at radius 3 is 2.91 bits per heavy atom. The van der Waals surface area contributed by atoms with Crippen molar-refractivity contribution in [2.75, 3.05) is 19.8 Å². The number of benzene rings is 2. The largest absolute Gasteiger partial charge is 0.484 e. The maximum absolute atomic E-state index is 11.8. The second-order valence-corrected chi connectivity index (χ2v) is 6.30. The molecule has 2 aromatic rings. The van der Waals surface area contributed by atoms with Crippen LogP contribution in [0.3, 0.4) is 0 Å². The van der Waals surface area contributed by atoms with Crippen molar-refractivity contribution < 1.29 is 14.3 Å². The first kappa shape index (κ1) is 15.3. The Hall–Kier alpha value is -1.59. The number of hydrogen-bond acceptors (Lipinski definition) is 3. The number of nitrogens with one attached hydrogen (secondary N) is 1. The molecule has 0 bridgehead atoms. The number of ether oxygens (including phenoxy) is 2. The lowest BCUT2D eigenvalue weighted by molar-refractivity contribution is -0.123.